The van der Waals surface area contributed by atoms with Crippen molar-refractivity contribution in [2.24, 2.45) is 0 Å². The average molecular weight is 304 g/mol. The smallest absolute Gasteiger partial charge is 0.222 e. The first kappa shape index (κ1) is 16.8. The fourth-order valence-electron chi connectivity index (χ4n) is 2.63. The standard InChI is InChI=1S/C18H28N2O2/c1-3-4-5-18(21)20-12-10-19(11-13-20)14-15-22-17-8-6-16(2)7-9-17/h6-9H,3-5,10-15H2,1-2H3. The second kappa shape index (κ2) is 8.79. The van der Waals surface area contributed by atoms with Crippen LogP contribution in [0.3, 0.4) is 0 Å². The van der Waals surface area contributed by atoms with E-state index in [1.54, 1.807) is 0 Å². The summed E-state index contributed by atoms with van der Waals surface area (Å²) in [6, 6.07) is 8.16. The van der Waals surface area contributed by atoms with Crippen molar-refractivity contribution >= 4 is 5.91 Å². The van der Waals surface area contributed by atoms with Gasteiger partial charge in [-0.2, -0.15) is 0 Å². The monoisotopic (exact) mass is 304 g/mol. The molecule has 1 aromatic carbocycles. The van der Waals surface area contributed by atoms with Crippen LogP contribution in [0.4, 0.5) is 0 Å². The van der Waals surface area contributed by atoms with Crippen molar-refractivity contribution < 1.29 is 9.53 Å². The number of hydrogen-bond donors (Lipinski definition) is 0. The topological polar surface area (TPSA) is 32.8 Å². The zero-order valence-corrected chi connectivity index (χ0v) is 13.9. The third-order valence-electron chi connectivity index (χ3n) is 4.17. The number of unbranched alkanes of at least 4 members (excludes halogenated alkanes) is 1. The Morgan fingerprint density at radius 3 is 2.45 bits per heavy atom. The molecule has 22 heavy (non-hydrogen) atoms. The summed E-state index contributed by atoms with van der Waals surface area (Å²) in [6.45, 7) is 9.44. The second-order valence-corrected chi connectivity index (χ2v) is 5.99. The predicted molar refractivity (Wildman–Crippen MR) is 89.2 cm³/mol. The van der Waals surface area contributed by atoms with E-state index in [0.29, 0.717) is 18.9 Å². The number of amides is 1. The van der Waals surface area contributed by atoms with Gasteiger partial charge in [-0.1, -0.05) is 31.0 Å². The van der Waals surface area contributed by atoms with Gasteiger partial charge in [0.15, 0.2) is 0 Å². The molecular formula is C18H28N2O2. The molecule has 2 rings (SSSR count). The number of hydrogen-bond acceptors (Lipinski definition) is 3. The maximum atomic E-state index is 12.0. The molecular weight excluding hydrogens is 276 g/mol. The van der Waals surface area contributed by atoms with Crippen molar-refractivity contribution in [2.75, 3.05) is 39.3 Å². The number of nitrogens with zero attached hydrogens (tertiary/aromatic N) is 2. The molecule has 0 spiro atoms. The first-order chi connectivity index (χ1) is 10.7. The van der Waals surface area contributed by atoms with E-state index < -0.39 is 0 Å². The van der Waals surface area contributed by atoms with Crippen molar-refractivity contribution in [1.29, 1.82) is 0 Å². The number of aryl methyl sites for hydroxylation is 1. The zero-order chi connectivity index (χ0) is 15.8. The van der Waals surface area contributed by atoms with Crippen molar-refractivity contribution in [1.82, 2.24) is 9.80 Å². The Balaban J connectivity index is 1.63. The van der Waals surface area contributed by atoms with Crippen LogP contribution in [0.15, 0.2) is 24.3 Å². The summed E-state index contributed by atoms with van der Waals surface area (Å²) >= 11 is 0. The Labute approximate surface area is 134 Å². The number of piperazine rings is 1. The van der Waals surface area contributed by atoms with E-state index in [4.69, 9.17) is 4.74 Å². The van der Waals surface area contributed by atoms with Crippen molar-refractivity contribution in [3.05, 3.63) is 29.8 Å². The lowest BCUT2D eigenvalue weighted by Gasteiger charge is -2.34. The van der Waals surface area contributed by atoms with Gasteiger partial charge in [-0.15, -0.1) is 0 Å². The molecule has 0 aliphatic carbocycles. The van der Waals surface area contributed by atoms with Crippen LogP contribution in [0, 0.1) is 6.92 Å². The molecule has 0 saturated carbocycles. The Bertz CT molecular complexity index is 451. The van der Waals surface area contributed by atoms with Crippen LogP contribution in [0.25, 0.3) is 0 Å². The minimum atomic E-state index is 0.317. The molecule has 0 bridgehead atoms. The Hall–Kier alpha value is -1.55. The molecule has 1 aliphatic heterocycles. The summed E-state index contributed by atoms with van der Waals surface area (Å²) in [5.41, 5.74) is 1.25. The summed E-state index contributed by atoms with van der Waals surface area (Å²) < 4.78 is 5.77. The second-order valence-electron chi connectivity index (χ2n) is 5.99. The predicted octanol–water partition coefficient (Wildman–Crippen LogP) is 2.71. The van der Waals surface area contributed by atoms with E-state index in [1.165, 1.54) is 5.56 Å². The van der Waals surface area contributed by atoms with Crippen LogP contribution in [0.5, 0.6) is 5.75 Å². The van der Waals surface area contributed by atoms with Crippen LogP contribution >= 0.6 is 0 Å². The van der Waals surface area contributed by atoms with Gasteiger partial charge in [-0.25, -0.2) is 0 Å². The first-order valence-corrected chi connectivity index (χ1v) is 8.38. The Morgan fingerprint density at radius 1 is 1.14 bits per heavy atom. The lowest BCUT2D eigenvalue weighted by molar-refractivity contribution is -0.133. The molecule has 0 radical (unpaired) electrons. The van der Waals surface area contributed by atoms with Gasteiger partial charge in [0.1, 0.15) is 12.4 Å². The first-order valence-electron chi connectivity index (χ1n) is 8.38. The van der Waals surface area contributed by atoms with E-state index in [0.717, 1.165) is 51.3 Å². The summed E-state index contributed by atoms with van der Waals surface area (Å²) in [5.74, 6) is 1.25. The van der Waals surface area contributed by atoms with Gasteiger partial charge in [-0.3, -0.25) is 9.69 Å². The van der Waals surface area contributed by atoms with Crippen LogP contribution in [-0.4, -0.2) is 55.0 Å². The molecule has 1 saturated heterocycles. The summed E-state index contributed by atoms with van der Waals surface area (Å²) in [4.78, 5) is 16.4. The van der Waals surface area contributed by atoms with Gasteiger partial charge in [0, 0.05) is 39.1 Å². The Kier molecular flexibility index (Phi) is 6.72. The van der Waals surface area contributed by atoms with Crippen molar-refractivity contribution in [2.45, 2.75) is 33.1 Å². The van der Waals surface area contributed by atoms with E-state index in [-0.39, 0.29) is 0 Å². The fourth-order valence-corrected chi connectivity index (χ4v) is 2.63. The Morgan fingerprint density at radius 2 is 1.82 bits per heavy atom. The van der Waals surface area contributed by atoms with Crippen molar-refractivity contribution in [3.8, 4) is 5.75 Å². The highest BCUT2D eigenvalue weighted by atomic mass is 16.5. The summed E-state index contributed by atoms with van der Waals surface area (Å²) in [7, 11) is 0. The van der Waals surface area contributed by atoms with Crippen LogP contribution in [-0.2, 0) is 4.79 Å². The molecule has 122 valence electrons. The molecule has 0 aromatic heterocycles. The van der Waals surface area contributed by atoms with E-state index in [2.05, 4.69) is 30.9 Å². The molecule has 1 amide bonds. The van der Waals surface area contributed by atoms with Crippen molar-refractivity contribution in [3.63, 3.8) is 0 Å². The maximum absolute atomic E-state index is 12.0. The SMILES string of the molecule is CCCCC(=O)N1CCN(CCOc2ccc(C)cc2)CC1. The number of rotatable bonds is 7. The molecule has 1 fully saturated rings. The molecule has 4 nitrogen and oxygen atoms in total. The molecule has 0 atom stereocenters. The minimum Gasteiger partial charge on any atom is -0.492 e. The highest BCUT2D eigenvalue weighted by molar-refractivity contribution is 5.76. The third kappa shape index (κ3) is 5.34. The lowest BCUT2D eigenvalue weighted by atomic mass is 10.2. The zero-order valence-electron chi connectivity index (χ0n) is 13.9. The third-order valence-corrected chi connectivity index (χ3v) is 4.17. The number of benzene rings is 1. The molecule has 1 aliphatic rings. The van der Waals surface area contributed by atoms with E-state index in [9.17, 15) is 4.79 Å². The van der Waals surface area contributed by atoms with Gasteiger partial charge in [0.2, 0.25) is 5.91 Å². The summed E-state index contributed by atoms with van der Waals surface area (Å²) in [6.07, 6.45) is 2.79. The quantitative estimate of drug-likeness (QED) is 0.776. The number of carbonyl (C=O) groups excluding carboxylic acids is 1. The molecule has 4 heteroatoms. The number of carbonyl (C=O) groups is 1. The average Bonchev–Trinajstić information content (AvgIpc) is 2.55. The minimum absolute atomic E-state index is 0.317. The van der Waals surface area contributed by atoms with Gasteiger partial charge >= 0.3 is 0 Å². The summed E-state index contributed by atoms with van der Waals surface area (Å²) in [5, 5.41) is 0. The highest BCUT2D eigenvalue weighted by Gasteiger charge is 2.20. The molecule has 0 N–H and O–H groups in total. The van der Waals surface area contributed by atoms with E-state index >= 15 is 0 Å². The fraction of sp³-hybridized carbons (Fsp3) is 0.611. The largest absolute Gasteiger partial charge is 0.492 e. The van der Waals surface area contributed by atoms with Crippen LogP contribution in [0.1, 0.15) is 31.7 Å². The van der Waals surface area contributed by atoms with Crippen LogP contribution < -0.4 is 4.74 Å². The molecule has 1 heterocycles. The molecule has 0 unspecified atom stereocenters. The van der Waals surface area contributed by atoms with Gasteiger partial charge in [0.05, 0.1) is 0 Å². The van der Waals surface area contributed by atoms with Gasteiger partial charge < -0.3 is 9.64 Å². The van der Waals surface area contributed by atoms with E-state index in [1.807, 2.05) is 17.0 Å². The highest BCUT2D eigenvalue weighted by Crippen LogP contribution is 2.11. The van der Waals surface area contributed by atoms with Gasteiger partial charge in [-0.05, 0) is 25.5 Å². The van der Waals surface area contributed by atoms with Crippen LogP contribution in [0.2, 0.25) is 0 Å². The maximum Gasteiger partial charge on any atom is 0.222 e. The lowest BCUT2D eigenvalue weighted by Crippen LogP contribution is -2.49. The molecule has 1 aromatic rings. The normalized spacial score (nSPS) is 15.8. The number of ether oxygens (including phenoxy) is 1. The van der Waals surface area contributed by atoms with Gasteiger partial charge in [0.25, 0.3) is 0 Å².